The van der Waals surface area contributed by atoms with Crippen molar-refractivity contribution >= 4 is 17.6 Å². The number of amides is 2. The Hall–Kier alpha value is -3.58. The summed E-state index contributed by atoms with van der Waals surface area (Å²) in [5.74, 6) is 0.915. The van der Waals surface area contributed by atoms with Crippen molar-refractivity contribution in [3.8, 4) is 22.4 Å². The number of nitrogens with one attached hydrogen (secondary N) is 1. The highest BCUT2D eigenvalue weighted by Gasteiger charge is 2.34. The van der Waals surface area contributed by atoms with Crippen LogP contribution in [-0.4, -0.2) is 39.8 Å². The van der Waals surface area contributed by atoms with Crippen molar-refractivity contribution < 1.29 is 9.59 Å². The van der Waals surface area contributed by atoms with Crippen molar-refractivity contribution in [3.63, 3.8) is 0 Å². The number of aromatic nitrogens is 2. The lowest BCUT2D eigenvalue weighted by Crippen LogP contribution is -2.43. The first-order valence-electron chi connectivity index (χ1n) is 13.7. The van der Waals surface area contributed by atoms with Crippen LogP contribution in [0.2, 0.25) is 0 Å². The van der Waals surface area contributed by atoms with Gasteiger partial charge in [0.05, 0.1) is 5.69 Å². The summed E-state index contributed by atoms with van der Waals surface area (Å²) in [6, 6.07) is 16.5. The molecular weight excluding hydrogens is 474 g/mol. The van der Waals surface area contributed by atoms with Gasteiger partial charge in [0.1, 0.15) is 5.82 Å². The number of benzene rings is 1. The molecule has 2 fully saturated rings. The number of anilines is 1. The van der Waals surface area contributed by atoms with E-state index in [2.05, 4.69) is 39.6 Å². The molecule has 1 aromatic carbocycles. The molecule has 5 rings (SSSR count). The van der Waals surface area contributed by atoms with Gasteiger partial charge in [-0.1, -0.05) is 30.3 Å². The second kappa shape index (κ2) is 11.0. The summed E-state index contributed by atoms with van der Waals surface area (Å²) < 4.78 is 0. The zero-order chi connectivity index (χ0) is 26.7. The fraction of sp³-hybridized carbons (Fsp3) is 0.419. The molecule has 0 bridgehead atoms. The number of hydrogen-bond acceptors (Lipinski definition) is 5. The SMILES string of the molecule is CC(=O)N(C)C1CCC(CC(=O)Nc2cc(-c3ccccn3)c(-c3ccc(C4(N)CCC4)cc3)cn2)CC1. The second-order valence-electron chi connectivity index (χ2n) is 11.0. The van der Waals surface area contributed by atoms with E-state index in [9.17, 15) is 9.59 Å². The molecule has 2 saturated carbocycles. The molecule has 0 atom stereocenters. The quantitative estimate of drug-likeness (QED) is 0.435. The van der Waals surface area contributed by atoms with Gasteiger partial charge in [0.15, 0.2) is 0 Å². The standard InChI is InChI=1S/C31H37N5O2/c1-21(37)36(2)25-13-7-22(8-14-25)18-30(38)35-29-19-26(28-6-3-4-17-33-28)27(20-34-29)23-9-11-24(12-10-23)31(32)15-5-16-31/h3-4,6,9-12,17,19-20,22,25H,5,7-8,13-16,18,32H2,1-2H3,(H,34,35,38). The van der Waals surface area contributed by atoms with E-state index in [1.165, 1.54) is 12.0 Å². The van der Waals surface area contributed by atoms with Crippen LogP contribution in [0.3, 0.4) is 0 Å². The Balaban J connectivity index is 1.30. The van der Waals surface area contributed by atoms with Gasteiger partial charge in [-0.3, -0.25) is 14.6 Å². The minimum Gasteiger partial charge on any atom is -0.343 e. The van der Waals surface area contributed by atoms with E-state index in [1.54, 1.807) is 13.1 Å². The third-order valence-electron chi connectivity index (χ3n) is 8.46. The first kappa shape index (κ1) is 26.0. The maximum atomic E-state index is 12.9. The molecule has 3 N–H and O–H groups in total. The van der Waals surface area contributed by atoms with Crippen LogP contribution in [0.1, 0.15) is 63.9 Å². The second-order valence-corrected chi connectivity index (χ2v) is 11.0. The van der Waals surface area contributed by atoms with Gasteiger partial charge in [0.25, 0.3) is 0 Å². The van der Waals surface area contributed by atoms with Crippen LogP contribution < -0.4 is 11.1 Å². The molecule has 0 radical (unpaired) electrons. The molecule has 38 heavy (non-hydrogen) atoms. The van der Waals surface area contributed by atoms with Crippen LogP contribution in [-0.2, 0) is 15.1 Å². The van der Waals surface area contributed by atoms with Crippen LogP contribution in [0.15, 0.2) is 60.9 Å². The first-order chi connectivity index (χ1) is 18.3. The zero-order valence-electron chi connectivity index (χ0n) is 22.3. The largest absolute Gasteiger partial charge is 0.343 e. The molecule has 0 unspecified atom stereocenters. The van der Waals surface area contributed by atoms with Crippen molar-refractivity contribution in [2.24, 2.45) is 11.7 Å². The molecule has 0 spiro atoms. The summed E-state index contributed by atoms with van der Waals surface area (Å²) in [5, 5.41) is 3.02. The fourth-order valence-electron chi connectivity index (χ4n) is 5.77. The lowest BCUT2D eigenvalue weighted by molar-refractivity contribution is -0.130. The minimum absolute atomic E-state index is 0.0290. The van der Waals surface area contributed by atoms with E-state index in [1.807, 2.05) is 42.4 Å². The molecule has 2 aliphatic rings. The van der Waals surface area contributed by atoms with E-state index in [-0.39, 0.29) is 23.4 Å². The molecule has 0 saturated heterocycles. The van der Waals surface area contributed by atoms with Crippen molar-refractivity contribution in [2.45, 2.75) is 69.9 Å². The maximum Gasteiger partial charge on any atom is 0.225 e. The van der Waals surface area contributed by atoms with Crippen LogP contribution in [0.25, 0.3) is 22.4 Å². The van der Waals surface area contributed by atoms with Crippen LogP contribution in [0.5, 0.6) is 0 Å². The summed E-state index contributed by atoms with van der Waals surface area (Å²) in [5.41, 5.74) is 11.2. The van der Waals surface area contributed by atoms with Crippen molar-refractivity contribution in [2.75, 3.05) is 12.4 Å². The molecule has 7 nitrogen and oxygen atoms in total. The molecule has 2 amide bonds. The highest BCUT2D eigenvalue weighted by atomic mass is 16.2. The average molecular weight is 512 g/mol. The van der Waals surface area contributed by atoms with E-state index in [0.29, 0.717) is 18.2 Å². The Morgan fingerprint density at radius 1 is 1.03 bits per heavy atom. The van der Waals surface area contributed by atoms with Gasteiger partial charge in [-0.15, -0.1) is 0 Å². The Morgan fingerprint density at radius 3 is 2.37 bits per heavy atom. The topological polar surface area (TPSA) is 101 Å². The van der Waals surface area contributed by atoms with Crippen LogP contribution in [0.4, 0.5) is 5.82 Å². The van der Waals surface area contributed by atoms with Crippen molar-refractivity contribution in [1.29, 1.82) is 0 Å². The molecule has 2 aromatic heterocycles. The molecular formula is C31H37N5O2. The molecule has 3 aromatic rings. The van der Waals surface area contributed by atoms with Gasteiger partial charge in [0, 0.05) is 55.5 Å². The summed E-state index contributed by atoms with van der Waals surface area (Å²) in [4.78, 5) is 35.6. The van der Waals surface area contributed by atoms with Gasteiger partial charge in [-0.2, -0.15) is 0 Å². The third-order valence-corrected chi connectivity index (χ3v) is 8.46. The molecule has 2 heterocycles. The molecule has 7 heteroatoms. The zero-order valence-corrected chi connectivity index (χ0v) is 22.3. The lowest BCUT2D eigenvalue weighted by Gasteiger charge is -2.38. The molecule has 198 valence electrons. The summed E-state index contributed by atoms with van der Waals surface area (Å²) in [6.45, 7) is 1.61. The van der Waals surface area contributed by atoms with E-state index in [4.69, 9.17) is 5.73 Å². The van der Waals surface area contributed by atoms with Gasteiger partial charge in [-0.25, -0.2) is 4.98 Å². The predicted octanol–water partition coefficient (Wildman–Crippen LogP) is 5.51. The van der Waals surface area contributed by atoms with E-state index < -0.39 is 0 Å². The number of nitrogens with two attached hydrogens (primary N) is 1. The number of carbonyl (C=O) groups excluding carboxylic acids is 2. The van der Waals surface area contributed by atoms with Gasteiger partial charge < -0.3 is 16.0 Å². The van der Waals surface area contributed by atoms with Crippen LogP contribution >= 0.6 is 0 Å². The van der Waals surface area contributed by atoms with Crippen molar-refractivity contribution in [1.82, 2.24) is 14.9 Å². The maximum absolute atomic E-state index is 12.9. The van der Waals surface area contributed by atoms with E-state index in [0.717, 1.165) is 60.9 Å². The Morgan fingerprint density at radius 2 is 1.76 bits per heavy atom. The number of hydrogen-bond donors (Lipinski definition) is 2. The normalized spacial score (nSPS) is 20.3. The number of carbonyl (C=O) groups is 2. The molecule has 2 aliphatic carbocycles. The van der Waals surface area contributed by atoms with E-state index >= 15 is 0 Å². The first-order valence-corrected chi connectivity index (χ1v) is 13.7. The van der Waals surface area contributed by atoms with Crippen molar-refractivity contribution in [3.05, 3.63) is 66.5 Å². The fourth-order valence-corrected chi connectivity index (χ4v) is 5.77. The number of pyridine rings is 2. The minimum atomic E-state index is -0.197. The smallest absolute Gasteiger partial charge is 0.225 e. The molecule has 0 aliphatic heterocycles. The average Bonchev–Trinajstić information content (AvgIpc) is 2.92. The Bertz CT molecular complexity index is 1280. The predicted molar refractivity (Wildman–Crippen MR) is 150 cm³/mol. The summed E-state index contributed by atoms with van der Waals surface area (Å²) in [7, 11) is 1.87. The number of rotatable bonds is 7. The third kappa shape index (κ3) is 5.63. The van der Waals surface area contributed by atoms with Gasteiger partial charge in [0.2, 0.25) is 11.8 Å². The van der Waals surface area contributed by atoms with Gasteiger partial charge in [-0.05, 0) is 80.2 Å². The number of nitrogens with zero attached hydrogens (tertiary/aromatic N) is 3. The highest BCUT2D eigenvalue weighted by Crippen LogP contribution is 2.40. The van der Waals surface area contributed by atoms with Crippen LogP contribution in [0, 0.1) is 5.92 Å². The highest BCUT2D eigenvalue weighted by molar-refractivity contribution is 5.92. The monoisotopic (exact) mass is 511 g/mol. The Labute approximate surface area is 224 Å². The van der Waals surface area contributed by atoms with Gasteiger partial charge >= 0.3 is 0 Å². The summed E-state index contributed by atoms with van der Waals surface area (Å²) in [6.07, 6.45) is 11.1. The Kier molecular flexibility index (Phi) is 7.56. The summed E-state index contributed by atoms with van der Waals surface area (Å²) >= 11 is 0. The lowest BCUT2D eigenvalue weighted by atomic mass is 9.72.